The zero-order chi connectivity index (χ0) is 26.7. The summed E-state index contributed by atoms with van der Waals surface area (Å²) in [5.41, 5.74) is 5.15. The van der Waals surface area contributed by atoms with E-state index in [1.165, 1.54) is 0 Å². The maximum absolute atomic E-state index is 5.56. The summed E-state index contributed by atoms with van der Waals surface area (Å²) in [7, 11) is 0. The van der Waals surface area contributed by atoms with E-state index in [9.17, 15) is 0 Å². The summed E-state index contributed by atoms with van der Waals surface area (Å²) in [5.74, 6) is 0. The van der Waals surface area contributed by atoms with Gasteiger partial charge in [-0.25, -0.2) is 0 Å². The van der Waals surface area contributed by atoms with Crippen molar-refractivity contribution in [1.82, 2.24) is 10.6 Å². The topological polar surface area (TPSA) is 72.8 Å². The molecular formula is C30H30N6S2. The third-order valence-electron chi connectivity index (χ3n) is 5.86. The fourth-order valence-corrected chi connectivity index (χ4v) is 4.37. The molecule has 0 aromatic heterocycles. The first-order chi connectivity index (χ1) is 18.5. The molecule has 0 heterocycles. The number of rotatable bonds is 8. The van der Waals surface area contributed by atoms with Crippen LogP contribution < -0.4 is 21.3 Å². The fourth-order valence-electron chi connectivity index (χ4n) is 3.80. The first-order valence-corrected chi connectivity index (χ1v) is 13.2. The first kappa shape index (κ1) is 26.9. The van der Waals surface area contributed by atoms with Gasteiger partial charge in [0.2, 0.25) is 0 Å². The SMILES string of the molecule is C[C@H](NC(=S)Nc1ccccc1N=Nc1ccccc1NC(=S)N[C@@H](C)c1ccccc1)c1ccccc1. The van der Waals surface area contributed by atoms with Gasteiger partial charge in [0.05, 0.1) is 23.5 Å². The number of para-hydroxylation sites is 2. The van der Waals surface area contributed by atoms with Gasteiger partial charge in [0.1, 0.15) is 11.4 Å². The van der Waals surface area contributed by atoms with Crippen molar-refractivity contribution >= 4 is 57.4 Å². The molecule has 4 aromatic rings. The third kappa shape index (κ3) is 7.68. The predicted octanol–water partition coefficient (Wildman–Crippen LogP) is 8.20. The van der Waals surface area contributed by atoms with Gasteiger partial charge >= 0.3 is 0 Å². The van der Waals surface area contributed by atoms with Crippen LogP contribution in [0.5, 0.6) is 0 Å². The van der Waals surface area contributed by atoms with Gasteiger partial charge < -0.3 is 21.3 Å². The Morgan fingerprint density at radius 1 is 0.526 bits per heavy atom. The van der Waals surface area contributed by atoms with Crippen molar-refractivity contribution in [3.8, 4) is 0 Å². The number of hydrogen-bond acceptors (Lipinski definition) is 4. The second-order valence-corrected chi connectivity index (χ2v) is 9.51. The van der Waals surface area contributed by atoms with Crippen molar-refractivity contribution in [1.29, 1.82) is 0 Å². The van der Waals surface area contributed by atoms with Crippen LogP contribution in [0, 0.1) is 0 Å². The van der Waals surface area contributed by atoms with Gasteiger partial charge in [-0.3, -0.25) is 0 Å². The molecule has 0 saturated heterocycles. The molecule has 2 atom stereocenters. The average Bonchev–Trinajstić information content (AvgIpc) is 2.94. The Bertz CT molecular complexity index is 1290. The lowest BCUT2D eigenvalue weighted by Gasteiger charge is -2.18. The molecule has 8 heteroatoms. The van der Waals surface area contributed by atoms with Gasteiger partial charge in [0.25, 0.3) is 0 Å². The molecule has 4 aromatic carbocycles. The van der Waals surface area contributed by atoms with E-state index in [2.05, 4.69) is 69.6 Å². The number of azo groups is 1. The molecule has 4 rings (SSSR count). The van der Waals surface area contributed by atoms with Crippen molar-refractivity contribution in [2.24, 2.45) is 10.2 Å². The molecule has 0 amide bonds. The molecule has 0 bridgehead atoms. The average molecular weight is 539 g/mol. The Hall–Kier alpha value is -4.14. The van der Waals surface area contributed by atoms with Gasteiger partial charge in [0.15, 0.2) is 10.2 Å². The highest BCUT2D eigenvalue weighted by Gasteiger charge is 2.10. The summed E-state index contributed by atoms with van der Waals surface area (Å²) in [4.78, 5) is 0. The smallest absolute Gasteiger partial charge is 0.171 e. The van der Waals surface area contributed by atoms with E-state index in [0.717, 1.165) is 22.5 Å². The van der Waals surface area contributed by atoms with E-state index in [0.29, 0.717) is 21.6 Å². The second kappa shape index (κ2) is 13.4. The highest BCUT2D eigenvalue weighted by atomic mass is 32.1. The Morgan fingerprint density at radius 2 is 0.868 bits per heavy atom. The lowest BCUT2D eigenvalue weighted by Crippen LogP contribution is -2.30. The largest absolute Gasteiger partial charge is 0.356 e. The van der Waals surface area contributed by atoms with Gasteiger partial charge in [0, 0.05) is 0 Å². The standard InChI is InChI=1S/C30H30N6S2/c1-21(23-13-5-3-6-14-23)31-29(37)33-25-17-9-11-19-27(25)35-36-28-20-12-10-18-26(28)34-30(38)32-22(2)24-15-7-4-8-16-24/h3-22H,1-2H3,(H2,31,33,37)(H2,32,34,38)/t21-,22-/m0/s1. The summed E-state index contributed by atoms with van der Waals surface area (Å²) < 4.78 is 0. The van der Waals surface area contributed by atoms with Crippen LogP contribution in [0.2, 0.25) is 0 Å². The summed E-state index contributed by atoms with van der Waals surface area (Å²) >= 11 is 11.1. The molecule has 0 aliphatic rings. The molecule has 0 saturated carbocycles. The zero-order valence-corrected chi connectivity index (χ0v) is 22.9. The van der Waals surface area contributed by atoms with Gasteiger partial charge in [-0.05, 0) is 73.7 Å². The van der Waals surface area contributed by atoms with Gasteiger partial charge in [-0.15, -0.1) is 10.2 Å². The van der Waals surface area contributed by atoms with Crippen molar-refractivity contribution < 1.29 is 0 Å². The molecule has 6 nitrogen and oxygen atoms in total. The van der Waals surface area contributed by atoms with Crippen LogP contribution in [0.25, 0.3) is 0 Å². The van der Waals surface area contributed by atoms with Crippen molar-refractivity contribution in [3.63, 3.8) is 0 Å². The molecule has 0 aliphatic heterocycles. The van der Waals surface area contributed by atoms with Gasteiger partial charge in [-0.2, -0.15) is 0 Å². The quantitative estimate of drug-likeness (QED) is 0.134. The molecule has 0 spiro atoms. The molecule has 38 heavy (non-hydrogen) atoms. The van der Waals surface area contributed by atoms with Crippen LogP contribution in [0.1, 0.15) is 37.1 Å². The fraction of sp³-hybridized carbons (Fsp3) is 0.133. The number of benzene rings is 4. The van der Waals surface area contributed by atoms with E-state index in [1.54, 1.807) is 0 Å². The number of anilines is 2. The molecule has 0 radical (unpaired) electrons. The molecular weight excluding hydrogens is 509 g/mol. The Kier molecular flexibility index (Phi) is 9.50. The highest BCUT2D eigenvalue weighted by molar-refractivity contribution is 7.80. The van der Waals surface area contributed by atoms with Crippen LogP contribution in [-0.2, 0) is 0 Å². The molecule has 0 unspecified atom stereocenters. The minimum atomic E-state index is 0.0602. The highest BCUT2D eigenvalue weighted by Crippen LogP contribution is 2.30. The maximum atomic E-state index is 5.56. The van der Waals surface area contributed by atoms with Gasteiger partial charge in [-0.1, -0.05) is 84.9 Å². The number of nitrogens with one attached hydrogen (secondary N) is 4. The molecule has 0 aliphatic carbocycles. The third-order valence-corrected chi connectivity index (χ3v) is 6.30. The Morgan fingerprint density at radius 3 is 1.26 bits per heavy atom. The lowest BCUT2D eigenvalue weighted by molar-refractivity contribution is 0.722. The second-order valence-electron chi connectivity index (χ2n) is 8.70. The maximum Gasteiger partial charge on any atom is 0.171 e. The molecule has 4 N–H and O–H groups in total. The van der Waals surface area contributed by atoms with E-state index in [-0.39, 0.29) is 12.1 Å². The molecule has 192 valence electrons. The Labute approximate surface area is 234 Å². The minimum Gasteiger partial charge on any atom is -0.356 e. The summed E-state index contributed by atoms with van der Waals surface area (Å²) in [6.45, 7) is 4.14. The number of hydrogen-bond donors (Lipinski definition) is 4. The molecule has 0 fully saturated rings. The zero-order valence-electron chi connectivity index (χ0n) is 21.3. The van der Waals surface area contributed by atoms with Crippen LogP contribution in [-0.4, -0.2) is 10.2 Å². The van der Waals surface area contributed by atoms with Crippen LogP contribution in [0.15, 0.2) is 119 Å². The monoisotopic (exact) mass is 538 g/mol. The van der Waals surface area contributed by atoms with Crippen molar-refractivity contribution in [2.75, 3.05) is 10.6 Å². The summed E-state index contributed by atoms with van der Waals surface area (Å²) in [6, 6.07) is 35.7. The number of nitrogens with zero attached hydrogens (tertiary/aromatic N) is 2. The Balaban J connectivity index is 1.42. The normalized spacial score (nSPS) is 12.4. The summed E-state index contributed by atoms with van der Waals surface area (Å²) in [6.07, 6.45) is 0. The van der Waals surface area contributed by atoms with E-state index in [1.807, 2.05) is 84.9 Å². The number of thiocarbonyl (C=S) groups is 2. The van der Waals surface area contributed by atoms with E-state index >= 15 is 0 Å². The lowest BCUT2D eigenvalue weighted by atomic mass is 10.1. The predicted molar refractivity (Wildman–Crippen MR) is 165 cm³/mol. The minimum absolute atomic E-state index is 0.0602. The van der Waals surface area contributed by atoms with E-state index in [4.69, 9.17) is 24.4 Å². The first-order valence-electron chi connectivity index (χ1n) is 12.3. The summed E-state index contributed by atoms with van der Waals surface area (Å²) in [5, 5.41) is 23.2. The van der Waals surface area contributed by atoms with Crippen LogP contribution in [0.4, 0.5) is 22.7 Å². The van der Waals surface area contributed by atoms with E-state index < -0.39 is 0 Å². The van der Waals surface area contributed by atoms with Crippen molar-refractivity contribution in [3.05, 3.63) is 120 Å². The van der Waals surface area contributed by atoms with Crippen LogP contribution in [0.3, 0.4) is 0 Å². The van der Waals surface area contributed by atoms with Crippen LogP contribution >= 0.6 is 24.4 Å². The van der Waals surface area contributed by atoms with Crippen molar-refractivity contribution in [2.45, 2.75) is 25.9 Å².